The van der Waals surface area contributed by atoms with Gasteiger partial charge in [0.2, 0.25) is 0 Å². The van der Waals surface area contributed by atoms with Gasteiger partial charge >= 0.3 is 0 Å². The molecule has 5 heteroatoms. The second-order valence-electron chi connectivity index (χ2n) is 4.21. The molecule has 0 fully saturated rings. The number of benzene rings is 2. The zero-order chi connectivity index (χ0) is 14.5. The van der Waals surface area contributed by atoms with Crippen LogP contribution in [0.5, 0.6) is 0 Å². The number of thiocarbonyl (C=S) groups is 1. The molecule has 0 unspecified atom stereocenters. The standard InChI is InChI=1S/C15H13BrN2OS/c1-10-6-5-9-12(13(10)16)17-15(20)18-14(19)11-7-3-2-4-8-11/h2-9H,1H3,(H2,17,18,19,20). The number of rotatable bonds is 2. The van der Waals surface area contributed by atoms with E-state index < -0.39 is 0 Å². The lowest BCUT2D eigenvalue weighted by atomic mass is 10.2. The molecule has 2 aromatic carbocycles. The number of aryl methyl sites for hydroxylation is 1. The molecular formula is C15H13BrN2OS. The average Bonchev–Trinajstić information content (AvgIpc) is 2.45. The van der Waals surface area contributed by atoms with Crippen molar-refractivity contribution in [2.45, 2.75) is 6.92 Å². The minimum Gasteiger partial charge on any atom is -0.331 e. The second-order valence-corrected chi connectivity index (χ2v) is 5.41. The van der Waals surface area contributed by atoms with Crippen LogP contribution >= 0.6 is 28.1 Å². The van der Waals surface area contributed by atoms with Crippen LogP contribution in [-0.4, -0.2) is 11.0 Å². The average molecular weight is 349 g/mol. The maximum Gasteiger partial charge on any atom is 0.257 e. The maximum atomic E-state index is 11.9. The molecule has 2 aromatic rings. The Kier molecular flexibility index (Phi) is 4.87. The number of carbonyl (C=O) groups excluding carboxylic acids is 1. The molecule has 0 radical (unpaired) electrons. The zero-order valence-corrected chi connectivity index (χ0v) is 13.2. The van der Waals surface area contributed by atoms with Gasteiger partial charge in [-0.2, -0.15) is 0 Å². The van der Waals surface area contributed by atoms with Crippen molar-refractivity contribution in [3.05, 3.63) is 64.1 Å². The molecule has 1 amide bonds. The molecule has 102 valence electrons. The summed E-state index contributed by atoms with van der Waals surface area (Å²) in [5, 5.41) is 5.92. The number of amides is 1. The Labute approximate surface area is 131 Å². The normalized spacial score (nSPS) is 9.90. The monoisotopic (exact) mass is 348 g/mol. The van der Waals surface area contributed by atoms with E-state index in [1.165, 1.54) is 0 Å². The predicted octanol–water partition coefficient (Wildman–Crippen LogP) is 3.88. The fourth-order valence-corrected chi connectivity index (χ4v) is 2.23. The van der Waals surface area contributed by atoms with Crippen LogP contribution < -0.4 is 10.6 Å². The van der Waals surface area contributed by atoms with E-state index in [1.54, 1.807) is 12.1 Å². The highest BCUT2D eigenvalue weighted by atomic mass is 79.9. The molecule has 3 nitrogen and oxygen atoms in total. The smallest absolute Gasteiger partial charge is 0.257 e. The lowest BCUT2D eigenvalue weighted by Crippen LogP contribution is -2.34. The number of carbonyl (C=O) groups is 1. The quantitative estimate of drug-likeness (QED) is 0.809. The van der Waals surface area contributed by atoms with Crippen LogP contribution in [0.4, 0.5) is 5.69 Å². The largest absolute Gasteiger partial charge is 0.331 e. The summed E-state index contributed by atoms with van der Waals surface area (Å²) in [6.45, 7) is 1.99. The first-order chi connectivity index (χ1) is 9.58. The Bertz CT molecular complexity index is 644. The lowest BCUT2D eigenvalue weighted by molar-refractivity contribution is 0.0978. The van der Waals surface area contributed by atoms with Gasteiger partial charge in [0.25, 0.3) is 5.91 Å². The van der Waals surface area contributed by atoms with Crippen molar-refractivity contribution >= 4 is 44.9 Å². The summed E-state index contributed by atoms with van der Waals surface area (Å²) < 4.78 is 0.927. The molecule has 0 saturated carbocycles. The van der Waals surface area contributed by atoms with Crippen molar-refractivity contribution in [2.75, 3.05) is 5.32 Å². The van der Waals surface area contributed by atoms with Gasteiger partial charge in [0.05, 0.1) is 5.69 Å². The van der Waals surface area contributed by atoms with Gasteiger partial charge in [-0.3, -0.25) is 10.1 Å². The summed E-state index contributed by atoms with van der Waals surface area (Å²) in [6.07, 6.45) is 0. The third-order valence-electron chi connectivity index (χ3n) is 2.70. The molecule has 0 saturated heterocycles. The van der Waals surface area contributed by atoms with Gasteiger partial charge in [0.1, 0.15) is 0 Å². The number of hydrogen-bond donors (Lipinski definition) is 2. The first kappa shape index (κ1) is 14.7. The Morgan fingerprint density at radius 1 is 1.10 bits per heavy atom. The molecule has 0 atom stereocenters. The van der Waals surface area contributed by atoms with Crippen LogP contribution in [0.15, 0.2) is 53.0 Å². The molecule has 0 aliphatic carbocycles. The van der Waals surface area contributed by atoms with E-state index >= 15 is 0 Å². The highest BCUT2D eigenvalue weighted by Gasteiger charge is 2.09. The van der Waals surface area contributed by atoms with Gasteiger partial charge in [-0.15, -0.1) is 0 Å². The molecule has 0 aliphatic rings. The van der Waals surface area contributed by atoms with Gasteiger partial charge in [-0.25, -0.2) is 0 Å². The number of anilines is 1. The highest BCUT2D eigenvalue weighted by Crippen LogP contribution is 2.25. The molecule has 0 heterocycles. The van der Waals surface area contributed by atoms with Crippen LogP contribution in [0.25, 0.3) is 0 Å². The molecule has 0 bridgehead atoms. The number of hydrogen-bond acceptors (Lipinski definition) is 2. The van der Waals surface area contributed by atoms with Gasteiger partial charge in [-0.05, 0) is 58.8 Å². The van der Waals surface area contributed by atoms with E-state index in [0.29, 0.717) is 5.56 Å². The molecule has 0 aromatic heterocycles. The van der Waals surface area contributed by atoms with E-state index in [0.717, 1.165) is 15.7 Å². The van der Waals surface area contributed by atoms with E-state index in [2.05, 4.69) is 26.6 Å². The highest BCUT2D eigenvalue weighted by molar-refractivity contribution is 9.10. The molecule has 2 rings (SSSR count). The maximum absolute atomic E-state index is 11.9. The van der Waals surface area contributed by atoms with E-state index in [1.807, 2.05) is 43.3 Å². The van der Waals surface area contributed by atoms with Crippen LogP contribution in [0, 0.1) is 6.92 Å². The topological polar surface area (TPSA) is 41.1 Å². The molecule has 0 aliphatic heterocycles. The third kappa shape index (κ3) is 3.65. The van der Waals surface area contributed by atoms with Crippen molar-refractivity contribution in [1.82, 2.24) is 5.32 Å². The lowest BCUT2D eigenvalue weighted by Gasteiger charge is -2.12. The van der Waals surface area contributed by atoms with Crippen molar-refractivity contribution in [1.29, 1.82) is 0 Å². The first-order valence-corrected chi connectivity index (χ1v) is 7.20. The summed E-state index contributed by atoms with van der Waals surface area (Å²) in [6, 6.07) is 14.7. The van der Waals surface area contributed by atoms with Crippen molar-refractivity contribution in [3.63, 3.8) is 0 Å². The van der Waals surface area contributed by atoms with Crippen LogP contribution in [0.1, 0.15) is 15.9 Å². The van der Waals surface area contributed by atoms with E-state index in [-0.39, 0.29) is 11.0 Å². The Morgan fingerprint density at radius 3 is 2.50 bits per heavy atom. The van der Waals surface area contributed by atoms with E-state index in [9.17, 15) is 4.79 Å². The van der Waals surface area contributed by atoms with Crippen molar-refractivity contribution in [3.8, 4) is 0 Å². The van der Waals surface area contributed by atoms with Crippen LogP contribution in [0.2, 0.25) is 0 Å². The van der Waals surface area contributed by atoms with E-state index in [4.69, 9.17) is 12.2 Å². The molecular weight excluding hydrogens is 336 g/mol. The van der Waals surface area contributed by atoms with Crippen LogP contribution in [-0.2, 0) is 0 Å². The van der Waals surface area contributed by atoms with Gasteiger partial charge in [0.15, 0.2) is 5.11 Å². The van der Waals surface area contributed by atoms with Crippen molar-refractivity contribution in [2.24, 2.45) is 0 Å². The van der Waals surface area contributed by atoms with Crippen LogP contribution in [0.3, 0.4) is 0 Å². The Hall–Kier alpha value is -1.72. The minimum atomic E-state index is -0.230. The molecule has 20 heavy (non-hydrogen) atoms. The Morgan fingerprint density at radius 2 is 1.80 bits per heavy atom. The summed E-state index contributed by atoms with van der Waals surface area (Å²) in [5.74, 6) is -0.230. The van der Waals surface area contributed by atoms with Gasteiger partial charge in [-0.1, -0.05) is 30.3 Å². The second kappa shape index (κ2) is 6.63. The summed E-state index contributed by atoms with van der Waals surface area (Å²) in [4.78, 5) is 11.9. The summed E-state index contributed by atoms with van der Waals surface area (Å²) >= 11 is 8.64. The minimum absolute atomic E-state index is 0.230. The third-order valence-corrected chi connectivity index (χ3v) is 3.96. The Balaban J connectivity index is 2.03. The van der Waals surface area contributed by atoms with Gasteiger partial charge in [0, 0.05) is 10.0 Å². The summed E-state index contributed by atoms with van der Waals surface area (Å²) in [7, 11) is 0. The number of halogens is 1. The molecule has 0 spiro atoms. The number of nitrogens with one attached hydrogen (secondary N) is 2. The van der Waals surface area contributed by atoms with Crippen molar-refractivity contribution < 1.29 is 4.79 Å². The zero-order valence-electron chi connectivity index (χ0n) is 10.8. The fraction of sp³-hybridized carbons (Fsp3) is 0.0667. The molecule has 2 N–H and O–H groups in total. The SMILES string of the molecule is Cc1cccc(NC(=S)NC(=O)c2ccccc2)c1Br. The summed E-state index contributed by atoms with van der Waals surface area (Å²) in [5.41, 5.74) is 2.48. The first-order valence-electron chi connectivity index (χ1n) is 6.00. The fourth-order valence-electron chi connectivity index (χ4n) is 1.66. The van der Waals surface area contributed by atoms with Gasteiger partial charge < -0.3 is 5.32 Å². The predicted molar refractivity (Wildman–Crippen MR) is 89.0 cm³/mol.